The van der Waals surface area contributed by atoms with Gasteiger partial charge in [0.25, 0.3) is 0 Å². The van der Waals surface area contributed by atoms with Gasteiger partial charge in [-0.15, -0.1) is 0 Å². The molecule has 34 heavy (non-hydrogen) atoms. The maximum absolute atomic E-state index is 11.6. The number of sulfonamides is 1. The van der Waals surface area contributed by atoms with E-state index in [9.17, 15) is 18.6 Å². The first kappa shape index (κ1) is 23.8. The summed E-state index contributed by atoms with van der Waals surface area (Å²) < 4.78 is 25.5. The number of hydrogen-bond donors (Lipinski definition) is 4. The van der Waals surface area contributed by atoms with E-state index in [4.69, 9.17) is 0 Å². The van der Waals surface area contributed by atoms with Crippen LogP contribution in [-0.2, 0) is 16.4 Å². The predicted octanol–water partition coefficient (Wildman–Crippen LogP) is 4.52. The SMILES string of the molecule is CS(=O)(=O)Nc1cc([C@H](O)CN[C@H](Cc2ccccc2)c2cccc3ccccc23)ccc1O. The van der Waals surface area contributed by atoms with Crippen molar-refractivity contribution in [2.24, 2.45) is 0 Å². The number of fused-ring (bicyclic) bond motifs is 1. The van der Waals surface area contributed by atoms with Crippen LogP contribution in [0.3, 0.4) is 0 Å². The number of aliphatic hydroxyl groups is 1. The third kappa shape index (κ3) is 5.94. The van der Waals surface area contributed by atoms with Crippen LogP contribution in [-0.4, -0.2) is 31.4 Å². The highest BCUT2D eigenvalue weighted by atomic mass is 32.2. The molecule has 0 radical (unpaired) electrons. The first-order valence-electron chi connectivity index (χ1n) is 11.0. The lowest BCUT2D eigenvalue weighted by Gasteiger charge is -2.23. The maximum atomic E-state index is 11.6. The van der Waals surface area contributed by atoms with Crippen LogP contribution in [0.2, 0.25) is 0 Å². The van der Waals surface area contributed by atoms with Gasteiger partial charge < -0.3 is 15.5 Å². The molecule has 0 aliphatic carbocycles. The van der Waals surface area contributed by atoms with E-state index in [1.54, 1.807) is 6.07 Å². The minimum Gasteiger partial charge on any atom is -0.506 e. The van der Waals surface area contributed by atoms with E-state index < -0.39 is 16.1 Å². The normalized spacial score (nSPS) is 13.5. The van der Waals surface area contributed by atoms with Crippen molar-refractivity contribution >= 4 is 26.5 Å². The average molecular weight is 477 g/mol. The number of nitrogens with one attached hydrogen (secondary N) is 2. The summed E-state index contributed by atoms with van der Waals surface area (Å²) in [7, 11) is -3.57. The Balaban J connectivity index is 1.59. The van der Waals surface area contributed by atoms with Crippen molar-refractivity contribution in [1.29, 1.82) is 0 Å². The zero-order valence-corrected chi connectivity index (χ0v) is 19.7. The molecule has 0 aliphatic rings. The number of phenolic OH excluding ortho intramolecular Hbond substituents is 1. The largest absolute Gasteiger partial charge is 0.506 e. The van der Waals surface area contributed by atoms with E-state index >= 15 is 0 Å². The summed E-state index contributed by atoms with van der Waals surface area (Å²) in [4.78, 5) is 0. The monoisotopic (exact) mass is 476 g/mol. The van der Waals surface area contributed by atoms with E-state index in [2.05, 4.69) is 46.4 Å². The first-order valence-corrected chi connectivity index (χ1v) is 12.9. The fourth-order valence-corrected chi connectivity index (χ4v) is 4.67. The second kappa shape index (κ2) is 10.3. The molecule has 0 unspecified atom stereocenters. The molecule has 4 aromatic carbocycles. The van der Waals surface area contributed by atoms with Crippen LogP contribution >= 0.6 is 0 Å². The quantitative estimate of drug-likeness (QED) is 0.266. The fourth-order valence-electron chi connectivity index (χ4n) is 4.11. The summed E-state index contributed by atoms with van der Waals surface area (Å²) in [5, 5.41) is 26.7. The number of aliphatic hydroxyl groups excluding tert-OH is 1. The smallest absolute Gasteiger partial charge is 0.229 e. The highest BCUT2D eigenvalue weighted by Gasteiger charge is 2.18. The van der Waals surface area contributed by atoms with Crippen molar-refractivity contribution in [2.45, 2.75) is 18.6 Å². The Bertz CT molecular complexity index is 1370. The predicted molar refractivity (Wildman–Crippen MR) is 136 cm³/mol. The standard InChI is InChI=1S/C27H28N2O4S/c1-34(32,33)29-25-17-21(14-15-26(25)30)27(31)18-28-24(16-19-8-3-2-4-9-19)23-13-7-11-20-10-5-6-12-22(20)23/h2-15,17,24,27-31H,16,18H2,1H3/t24-,27-/m1/s1. The highest BCUT2D eigenvalue weighted by Crippen LogP contribution is 2.30. The first-order chi connectivity index (χ1) is 16.3. The number of benzene rings is 4. The number of hydrogen-bond acceptors (Lipinski definition) is 5. The number of rotatable bonds is 9. The van der Waals surface area contributed by atoms with Gasteiger partial charge in [0, 0.05) is 12.6 Å². The third-order valence-electron chi connectivity index (χ3n) is 5.74. The second-order valence-electron chi connectivity index (χ2n) is 8.39. The summed E-state index contributed by atoms with van der Waals surface area (Å²) in [5.41, 5.74) is 2.84. The van der Waals surface area contributed by atoms with Crippen molar-refractivity contribution in [2.75, 3.05) is 17.5 Å². The topological polar surface area (TPSA) is 98.7 Å². The van der Waals surface area contributed by atoms with Crippen LogP contribution in [0.15, 0.2) is 91.0 Å². The van der Waals surface area contributed by atoms with Gasteiger partial charge in [0.15, 0.2) is 0 Å². The Hall–Kier alpha value is -3.39. The van der Waals surface area contributed by atoms with Crippen LogP contribution in [0.5, 0.6) is 5.75 Å². The van der Waals surface area contributed by atoms with Crippen LogP contribution in [0.4, 0.5) is 5.69 Å². The Morgan fingerprint density at radius 3 is 2.35 bits per heavy atom. The van der Waals surface area contributed by atoms with E-state index in [1.807, 2.05) is 36.4 Å². The molecule has 6 nitrogen and oxygen atoms in total. The third-order valence-corrected chi connectivity index (χ3v) is 6.33. The van der Waals surface area contributed by atoms with Gasteiger partial charge in [-0.25, -0.2) is 8.42 Å². The zero-order valence-electron chi connectivity index (χ0n) is 18.8. The molecular formula is C27H28N2O4S. The van der Waals surface area contributed by atoms with Crippen LogP contribution in [0, 0.1) is 0 Å². The zero-order chi connectivity index (χ0) is 24.1. The molecule has 4 aromatic rings. The van der Waals surface area contributed by atoms with Gasteiger partial charge in [-0.3, -0.25) is 4.72 Å². The van der Waals surface area contributed by atoms with Crippen molar-refractivity contribution in [3.63, 3.8) is 0 Å². The molecule has 0 saturated heterocycles. The molecule has 0 bridgehead atoms. The molecule has 2 atom stereocenters. The lowest BCUT2D eigenvalue weighted by molar-refractivity contribution is 0.169. The molecule has 7 heteroatoms. The molecular weight excluding hydrogens is 448 g/mol. The Kier molecular flexibility index (Phi) is 7.17. The van der Waals surface area contributed by atoms with Gasteiger partial charge in [0.2, 0.25) is 10.0 Å². The second-order valence-corrected chi connectivity index (χ2v) is 10.1. The number of phenols is 1. The van der Waals surface area contributed by atoms with Gasteiger partial charge in [-0.1, -0.05) is 78.9 Å². The Morgan fingerprint density at radius 2 is 1.59 bits per heavy atom. The molecule has 0 saturated carbocycles. The van der Waals surface area contributed by atoms with Crippen LogP contribution < -0.4 is 10.0 Å². The van der Waals surface area contributed by atoms with Gasteiger partial charge >= 0.3 is 0 Å². The average Bonchev–Trinajstić information content (AvgIpc) is 2.82. The van der Waals surface area contributed by atoms with Crippen molar-refractivity contribution in [1.82, 2.24) is 5.32 Å². The van der Waals surface area contributed by atoms with Crippen molar-refractivity contribution < 1.29 is 18.6 Å². The minimum atomic E-state index is -3.57. The molecule has 176 valence electrons. The van der Waals surface area contributed by atoms with Crippen LogP contribution in [0.25, 0.3) is 10.8 Å². The van der Waals surface area contributed by atoms with Crippen molar-refractivity contribution in [3.8, 4) is 5.75 Å². The lowest BCUT2D eigenvalue weighted by Crippen LogP contribution is -2.28. The molecule has 0 heterocycles. The summed E-state index contributed by atoms with van der Waals surface area (Å²) >= 11 is 0. The van der Waals surface area contributed by atoms with Gasteiger partial charge in [0.05, 0.1) is 18.0 Å². The summed E-state index contributed by atoms with van der Waals surface area (Å²) in [6.45, 7) is 0.240. The Morgan fingerprint density at radius 1 is 0.882 bits per heavy atom. The van der Waals surface area contributed by atoms with E-state index in [0.29, 0.717) is 5.56 Å². The molecule has 0 spiro atoms. The van der Waals surface area contributed by atoms with Gasteiger partial charge in [-0.2, -0.15) is 0 Å². The molecule has 0 aliphatic heterocycles. The van der Waals surface area contributed by atoms with Crippen molar-refractivity contribution in [3.05, 3.63) is 108 Å². The summed E-state index contributed by atoms with van der Waals surface area (Å²) in [6, 6.07) is 29.0. The molecule has 0 aromatic heterocycles. The van der Waals surface area contributed by atoms with Gasteiger partial charge in [-0.05, 0) is 46.0 Å². The van der Waals surface area contributed by atoms with E-state index in [0.717, 1.165) is 29.0 Å². The number of anilines is 1. The van der Waals surface area contributed by atoms with E-state index in [-0.39, 0.29) is 24.0 Å². The van der Waals surface area contributed by atoms with E-state index in [1.165, 1.54) is 17.7 Å². The highest BCUT2D eigenvalue weighted by molar-refractivity contribution is 7.92. The molecule has 4 rings (SSSR count). The summed E-state index contributed by atoms with van der Waals surface area (Å²) in [6.07, 6.45) is 0.835. The lowest BCUT2D eigenvalue weighted by atomic mass is 9.93. The van der Waals surface area contributed by atoms with Crippen LogP contribution in [0.1, 0.15) is 28.8 Å². The Labute approximate surface area is 200 Å². The molecule has 0 amide bonds. The minimum absolute atomic E-state index is 0.0361. The summed E-state index contributed by atoms with van der Waals surface area (Å²) in [5.74, 6) is -0.202. The molecule has 0 fully saturated rings. The van der Waals surface area contributed by atoms with Gasteiger partial charge in [0.1, 0.15) is 5.75 Å². The fraction of sp³-hybridized carbons (Fsp3) is 0.185. The number of aromatic hydroxyl groups is 1. The molecule has 4 N–H and O–H groups in total. The maximum Gasteiger partial charge on any atom is 0.229 e.